The van der Waals surface area contributed by atoms with Gasteiger partial charge in [-0.1, -0.05) is 356 Å². The zero-order valence-electron chi connectivity index (χ0n) is 63.4. The summed E-state index contributed by atoms with van der Waals surface area (Å²) in [6.07, 6.45) is 58.5. The average molecular weight is 1420 g/mol. The highest BCUT2D eigenvalue weighted by Crippen LogP contribution is 2.45. The number of carbonyl (C=O) groups is 4. The van der Waals surface area contributed by atoms with Crippen LogP contribution in [0.15, 0.2) is 0 Å². The smallest absolute Gasteiger partial charge is 0.462 e. The highest BCUT2D eigenvalue weighted by Gasteiger charge is 2.30. The quantitative estimate of drug-likeness (QED) is 0.0222. The molecule has 0 aliphatic heterocycles. The van der Waals surface area contributed by atoms with E-state index in [1.165, 1.54) is 225 Å². The van der Waals surface area contributed by atoms with E-state index >= 15 is 0 Å². The summed E-state index contributed by atoms with van der Waals surface area (Å²) in [7, 11) is -9.91. The summed E-state index contributed by atoms with van der Waals surface area (Å²) in [4.78, 5) is 72.8. The van der Waals surface area contributed by atoms with Crippen LogP contribution in [0, 0.1) is 11.8 Å². The third-order valence-electron chi connectivity index (χ3n) is 18.2. The van der Waals surface area contributed by atoms with Crippen LogP contribution in [-0.2, 0) is 65.4 Å². The lowest BCUT2D eigenvalue weighted by atomic mass is 10.0. The summed E-state index contributed by atoms with van der Waals surface area (Å²) in [6, 6.07) is 0. The molecule has 3 N–H and O–H groups in total. The number of esters is 4. The predicted octanol–water partition coefficient (Wildman–Crippen LogP) is 23.1. The number of phosphoric ester groups is 2. The van der Waals surface area contributed by atoms with Crippen molar-refractivity contribution in [2.75, 3.05) is 39.6 Å². The first-order valence-corrected chi connectivity index (χ1v) is 43.5. The number of aliphatic hydroxyl groups excluding tert-OH is 1. The van der Waals surface area contributed by atoms with Gasteiger partial charge in [-0.3, -0.25) is 37.3 Å². The monoisotopic (exact) mass is 1420 g/mol. The molecule has 576 valence electrons. The molecule has 0 aromatic rings. The molecule has 19 heteroatoms. The molecular formula is C78H152O17P2. The third kappa shape index (κ3) is 72.2. The van der Waals surface area contributed by atoms with Gasteiger partial charge in [0.2, 0.25) is 0 Å². The first-order valence-electron chi connectivity index (χ1n) is 40.5. The highest BCUT2D eigenvalue weighted by molar-refractivity contribution is 7.47. The molecule has 0 rings (SSSR count). The Hall–Kier alpha value is -1.94. The van der Waals surface area contributed by atoms with E-state index in [2.05, 4.69) is 41.5 Å². The lowest BCUT2D eigenvalue weighted by Gasteiger charge is -2.21. The number of carbonyl (C=O) groups excluding carboxylic acids is 4. The van der Waals surface area contributed by atoms with Crippen LogP contribution in [0.1, 0.15) is 408 Å². The molecule has 0 radical (unpaired) electrons. The zero-order valence-corrected chi connectivity index (χ0v) is 65.2. The maximum Gasteiger partial charge on any atom is 0.472 e. The molecule has 0 heterocycles. The van der Waals surface area contributed by atoms with Crippen LogP contribution in [0.4, 0.5) is 0 Å². The Morgan fingerprint density at radius 2 is 0.474 bits per heavy atom. The Bertz CT molecular complexity index is 1870. The van der Waals surface area contributed by atoms with Gasteiger partial charge in [-0.15, -0.1) is 0 Å². The topological polar surface area (TPSA) is 237 Å². The number of aliphatic hydroxyl groups is 1. The van der Waals surface area contributed by atoms with Gasteiger partial charge in [0.05, 0.1) is 26.4 Å². The molecule has 17 nitrogen and oxygen atoms in total. The first kappa shape index (κ1) is 95.1. The number of ether oxygens (including phenoxy) is 4. The second kappa shape index (κ2) is 69.8. The van der Waals surface area contributed by atoms with Gasteiger partial charge in [0.25, 0.3) is 0 Å². The molecule has 0 aliphatic rings. The van der Waals surface area contributed by atoms with Crippen molar-refractivity contribution in [3.05, 3.63) is 0 Å². The summed E-state index contributed by atoms with van der Waals surface area (Å²) in [5, 5.41) is 10.6. The normalized spacial score (nSPS) is 14.0. The molecule has 0 saturated carbocycles. The predicted molar refractivity (Wildman–Crippen MR) is 395 cm³/mol. The van der Waals surface area contributed by atoms with E-state index in [4.69, 9.17) is 37.0 Å². The number of phosphoric acid groups is 2. The summed E-state index contributed by atoms with van der Waals surface area (Å²) in [6.45, 7) is 9.55. The maximum atomic E-state index is 13.1. The lowest BCUT2D eigenvalue weighted by Crippen LogP contribution is -2.30. The van der Waals surface area contributed by atoms with Gasteiger partial charge >= 0.3 is 39.5 Å². The number of hydrogen-bond acceptors (Lipinski definition) is 15. The molecule has 0 aliphatic carbocycles. The Balaban J connectivity index is 5.18. The van der Waals surface area contributed by atoms with Crippen LogP contribution in [-0.4, -0.2) is 96.7 Å². The van der Waals surface area contributed by atoms with E-state index in [0.29, 0.717) is 25.7 Å². The average Bonchev–Trinajstić information content (AvgIpc) is 1.78. The summed E-state index contributed by atoms with van der Waals surface area (Å²) < 4.78 is 68.5. The van der Waals surface area contributed by atoms with Crippen LogP contribution >= 0.6 is 15.6 Å². The minimum atomic E-state index is -4.96. The highest BCUT2D eigenvalue weighted by atomic mass is 31.2. The van der Waals surface area contributed by atoms with Gasteiger partial charge in [0, 0.05) is 25.7 Å². The molecule has 5 atom stereocenters. The van der Waals surface area contributed by atoms with Gasteiger partial charge in [0.15, 0.2) is 12.2 Å². The van der Waals surface area contributed by atoms with E-state index in [-0.39, 0.29) is 25.7 Å². The number of unbranched alkanes of at least 4 members (excludes halogenated alkanes) is 47. The molecule has 0 fully saturated rings. The Labute approximate surface area is 594 Å². The fourth-order valence-corrected chi connectivity index (χ4v) is 13.6. The molecule has 0 aromatic heterocycles. The Morgan fingerprint density at radius 3 is 0.701 bits per heavy atom. The maximum absolute atomic E-state index is 13.1. The van der Waals surface area contributed by atoms with Crippen molar-refractivity contribution in [2.24, 2.45) is 11.8 Å². The molecule has 97 heavy (non-hydrogen) atoms. The van der Waals surface area contributed by atoms with Crippen molar-refractivity contribution in [3.63, 3.8) is 0 Å². The molecule has 0 saturated heterocycles. The molecule has 2 unspecified atom stereocenters. The van der Waals surface area contributed by atoms with Crippen molar-refractivity contribution in [2.45, 2.75) is 426 Å². The van der Waals surface area contributed by atoms with Crippen molar-refractivity contribution in [3.8, 4) is 0 Å². The van der Waals surface area contributed by atoms with Crippen molar-refractivity contribution < 1.29 is 80.2 Å². The number of rotatable bonds is 77. The lowest BCUT2D eigenvalue weighted by molar-refractivity contribution is -0.161. The van der Waals surface area contributed by atoms with E-state index < -0.39 is 97.5 Å². The number of hydrogen-bond donors (Lipinski definition) is 3. The summed E-state index contributed by atoms with van der Waals surface area (Å²) in [5.74, 6) is -0.639. The van der Waals surface area contributed by atoms with Crippen molar-refractivity contribution >= 4 is 39.5 Å². The van der Waals surface area contributed by atoms with E-state index in [0.717, 1.165) is 102 Å². The summed E-state index contributed by atoms with van der Waals surface area (Å²) >= 11 is 0. The van der Waals surface area contributed by atoms with Crippen LogP contribution in [0.2, 0.25) is 0 Å². The Morgan fingerprint density at radius 1 is 0.278 bits per heavy atom. The van der Waals surface area contributed by atoms with Crippen molar-refractivity contribution in [1.82, 2.24) is 0 Å². The molecule has 0 aromatic carbocycles. The van der Waals surface area contributed by atoms with Gasteiger partial charge < -0.3 is 33.8 Å². The standard InChI is InChI=1S/C78H152O17P2/c1-7-9-11-13-15-17-19-20-21-22-23-24-25-26-27-28-29-31-37-44-50-56-62-77(82)94-73(66-89-76(81)61-55-49-43-36-33-32-34-40-46-52-58-70(3)4)68-92-96(84,85)90-64-72(79)65-91-97(86,87)93-69-74(95-78(83)63-57-51-45-39-38-41-47-53-59-71(5)6)67-88-75(80)60-54-48-42-35-30-18-16-14-12-10-8-2/h70-74,79H,7-69H2,1-6H3,(H,84,85)(H,86,87)/t72-,73-,74-/m1/s1. The fourth-order valence-electron chi connectivity index (χ4n) is 12.0. The largest absolute Gasteiger partial charge is 0.472 e. The minimum absolute atomic E-state index is 0.105. The molecule has 0 spiro atoms. The third-order valence-corrected chi connectivity index (χ3v) is 20.1. The van der Waals surface area contributed by atoms with Crippen LogP contribution < -0.4 is 0 Å². The summed E-state index contributed by atoms with van der Waals surface area (Å²) in [5.41, 5.74) is 0. The van der Waals surface area contributed by atoms with Gasteiger partial charge in [-0.25, -0.2) is 9.13 Å². The van der Waals surface area contributed by atoms with Crippen LogP contribution in [0.5, 0.6) is 0 Å². The zero-order chi connectivity index (χ0) is 71.4. The second-order valence-electron chi connectivity index (χ2n) is 29.1. The van der Waals surface area contributed by atoms with Crippen LogP contribution in [0.3, 0.4) is 0 Å². The van der Waals surface area contributed by atoms with E-state index in [1.54, 1.807) is 0 Å². The van der Waals surface area contributed by atoms with Gasteiger partial charge in [-0.2, -0.15) is 0 Å². The fraction of sp³-hybridized carbons (Fsp3) is 0.949. The molecule has 0 amide bonds. The molecular weight excluding hydrogens is 1270 g/mol. The first-order chi connectivity index (χ1) is 46.9. The van der Waals surface area contributed by atoms with Gasteiger partial charge in [-0.05, 0) is 37.5 Å². The van der Waals surface area contributed by atoms with E-state index in [1.807, 2.05) is 0 Å². The minimum Gasteiger partial charge on any atom is -0.462 e. The second-order valence-corrected chi connectivity index (χ2v) is 32.0. The Kier molecular flexibility index (Phi) is 68.4. The van der Waals surface area contributed by atoms with Gasteiger partial charge in [0.1, 0.15) is 19.3 Å². The van der Waals surface area contributed by atoms with Crippen LogP contribution in [0.25, 0.3) is 0 Å². The van der Waals surface area contributed by atoms with E-state index in [9.17, 15) is 43.2 Å². The molecule has 0 bridgehead atoms. The SMILES string of the molecule is CCCCCCCCCCCCCCCCCCCCCCCCC(=O)O[C@H](COC(=O)CCCCCCCCCCCCC(C)C)COP(=O)(O)OC[C@@H](O)COP(=O)(O)OC[C@@H](COC(=O)CCCCCCCCCCCCC)OC(=O)CCCCCCCCCCC(C)C. The van der Waals surface area contributed by atoms with Crippen molar-refractivity contribution in [1.29, 1.82) is 0 Å².